The summed E-state index contributed by atoms with van der Waals surface area (Å²) in [6, 6.07) is 5.73. The van der Waals surface area contributed by atoms with Gasteiger partial charge in [-0.05, 0) is 31.0 Å². The van der Waals surface area contributed by atoms with Crippen LogP contribution in [0.2, 0.25) is 10.0 Å². The predicted molar refractivity (Wildman–Crippen MR) is 75.5 cm³/mol. The van der Waals surface area contributed by atoms with Gasteiger partial charge in [-0.15, -0.1) is 6.42 Å². The summed E-state index contributed by atoms with van der Waals surface area (Å²) in [6.45, 7) is 4.17. The molecule has 0 spiro atoms. The minimum atomic E-state index is 0.0849. The van der Waals surface area contributed by atoms with Gasteiger partial charge in [-0.25, -0.2) is 0 Å². The second-order valence-corrected chi connectivity index (χ2v) is 4.91. The molecule has 3 heteroatoms. The van der Waals surface area contributed by atoms with Crippen LogP contribution in [0.1, 0.15) is 38.3 Å². The number of hydrogen-bond acceptors (Lipinski definition) is 1. The second-order valence-electron chi connectivity index (χ2n) is 4.06. The van der Waals surface area contributed by atoms with Gasteiger partial charge in [-0.3, -0.25) is 5.32 Å². The number of hydrogen-bond donors (Lipinski definition) is 1. The standard InChI is InChI=1S/C14H17Cl2N/c1-4-6-12(5-2)17-10(3)13-8-7-11(15)9-14(13)16/h2,7-10,12,17H,4,6H2,1,3H3. The highest BCUT2D eigenvalue weighted by atomic mass is 35.5. The molecule has 0 heterocycles. The third-order valence-electron chi connectivity index (χ3n) is 2.66. The Bertz CT molecular complexity index is 409. The van der Waals surface area contributed by atoms with Crippen LogP contribution in [0.3, 0.4) is 0 Å². The summed E-state index contributed by atoms with van der Waals surface area (Å²) in [6.07, 6.45) is 7.50. The molecule has 17 heavy (non-hydrogen) atoms. The summed E-state index contributed by atoms with van der Waals surface area (Å²) in [5.41, 5.74) is 1.02. The van der Waals surface area contributed by atoms with Crippen LogP contribution in [0.25, 0.3) is 0 Å². The summed E-state index contributed by atoms with van der Waals surface area (Å²) >= 11 is 12.0. The van der Waals surface area contributed by atoms with Crippen molar-refractivity contribution < 1.29 is 0 Å². The summed E-state index contributed by atoms with van der Waals surface area (Å²) in [4.78, 5) is 0. The van der Waals surface area contributed by atoms with Gasteiger partial charge in [0.2, 0.25) is 0 Å². The zero-order chi connectivity index (χ0) is 12.8. The lowest BCUT2D eigenvalue weighted by Crippen LogP contribution is -2.30. The van der Waals surface area contributed by atoms with E-state index in [9.17, 15) is 0 Å². The maximum atomic E-state index is 6.15. The Labute approximate surface area is 114 Å². The average Bonchev–Trinajstić information content (AvgIpc) is 2.28. The predicted octanol–water partition coefficient (Wildman–Crippen LogP) is 4.45. The van der Waals surface area contributed by atoms with Crippen molar-refractivity contribution in [2.24, 2.45) is 0 Å². The Kier molecular flexibility index (Phi) is 5.85. The lowest BCUT2D eigenvalue weighted by Gasteiger charge is -2.20. The molecule has 2 unspecified atom stereocenters. The molecule has 1 aromatic rings. The number of terminal acetylenes is 1. The highest BCUT2D eigenvalue weighted by Gasteiger charge is 2.13. The fraction of sp³-hybridized carbons (Fsp3) is 0.429. The van der Waals surface area contributed by atoms with Crippen molar-refractivity contribution in [2.75, 3.05) is 0 Å². The average molecular weight is 270 g/mol. The summed E-state index contributed by atoms with van der Waals surface area (Å²) in [5.74, 6) is 2.75. The summed E-state index contributed by atoms with van der Waals surface area (Å²) in [5, 5.41) is 4.70. The first-order chi connectivity index (χ1) is 8.08. The lowest BCUT2D eigenvalue weighted by molar-refractivity contribution is 0.495. The molecule has 0 aliphatic carbocycles. The molecule has 0 bridgehead atoms. The highest BCUT2D eigenvalue weighted by molar-refractivity contribution is 6.35. The van der Waals surface area contributed by atoms with Crippen molar-refractivity contribution in [2.45, 2.75) is 38.8 Å². The van der Waals surface area contributed by atoms with E-state index in [1.807, 2.05) is 12.1 Å². The first-order valence-electron chi connectivity index (χ1n) is 5.75. The van der Waals surface area contributed by atoms with Crippen molar-refractivity contribution >= 4 is 23.2 Å². The molecule has 0 saturated heterocycles. The van der Waals surface area contributed by atoms with Crippen molar-refractivity contribution in [3.05, 3.63) is 33.8 Å². The van der Waals surface area contributed by atoms with Gasteiger partial charge in [0, 0.05) is 16.1 Å². The van der Waals surface area contributed by atoms with Gasteiger partial charge in [0.15, 0.2) is 0 Å². The van der Waals surface area contributed by atoms with Gasteiger partial charge in [0.05, 0.1) is 6.04 Å². The fourth-order valence-corrected chi connectivity index (χ4v) is 2.32. The van der Waals surface area contributed by atoms with E-state index in [0.29, 0.717) is 10.0 Å². The monoisotopic (exact) mass is 269 g/mol. The van der Waals surface area contributed by atoms with E-state index >= 15 is 0 Å². The lowest BCUT2D eigenvalue weighted by atomic mass is 10.1. The minimum absolute atomic E-state index is 0.0849. The van der Waals surface area contributed by atoms with Crippen LogP contribution in [0.5, 0.6) is 0 Å². The summed E-state index contributed by atoms with van der Waals surface area (Å²) in [7, 11) is 0. The maximum absolute atomic E-state index is 6.15. The van der Waals surface area contributed by atoms with Crippen molar-refractivity contribution in [1.82, 2.24) is 5.32 Å². The zero-order valence-corrected chi connectivity index (χ0v) is 11.6. The molecule has 0 aliphatic heterocycles. The number of rotatable bonds is 5. The Hall–Kier alpha value is -0.680. The van der Waals surface area contributed by atoms with Crippen LogP contribution in [0.4, 0.5) is 0 Å². The second kappa shape index (κ2) is 6.91. The Balaban J connectivity index is 2.75. The SMILES string of the molecule is C#CC(CCC)NC(C)c1ccc(Cl)cc1Cl. The molecule has 92 valence electrons. The smallest absolute Gasteiger partial charge is 0.0691 e. The van der Waals surface area contributed by atoms with Crippen molar-refractivity contribution in [3.63, 3.8) is 0 Å². The van der Waals surface area contributed by atoms with E-state index in [1.54, 1.807) is 6.07 Å². The molecule has 1 nitrogen and oxygen atoms in total. The topological polar surface area (TPSA) is 12.0 Å². The van der Waals surface area contributed by atoms with Crippen LogP contribution in [0, 0.1) is 12.3 Å². The van der Waals surface area contributed by atoms with Gasteiger partial charge >= 0.3 is 0 Å². The van der Waals surface area contributed by atoms with Crippen LogP contribution in [-0.4, -0.2) is 6.04 Å². The zero-order valence-electron chi connectivity index (χ0n) is 10.1. The third-order valence-corrected chi connectivity index (χ3v) is 3.22. The van der Waals surface area contributed by atoms with Gasteiger partial charge in [0.25, 0.3) is 0 Å². The molecular formula is C14H17Cl2N. The molecule has 0 fully saturated rings. The number of benzene rings is 1. The molecular weight excluding hydrogens is 253 g/mol. The molecule has 2 atom stereocenters. The Morgan fingerprint density at radius 3 is 2.65 bits per heavy atom. The van der Waals surface area contributed by atoms with Crippen LogP contribution < -0.4 is 5.32 Å². The van der Waals surface area contributed by atoms with Crippen LogP contribution in [-0.2, 0) is 0 Å². The number of nitrogens with one attached hydrogen (secondary N) is 1. The van der Waals surface area contributed by atoms with Gasteiger partial charge in [-0.2, -0.15) is 0 Å². The molecule has 1 rings (SSSR count). The summed E-state index contributed by atoms with van der Waals surface area (Å²) < 4.78 is 0. The van der Waals surface area contributed by atoms with Crippen molar-refractivity contribution in [3.8, 4) is 12.3 Å². The highest BCUT2D eigenvalue weighted by Crippen LogP contribution is 2.26. The minimum Gasteiger partial charge on any atom is -0.297 e. The molecule has 0 aliphatic rings. The van der Waals surface area contributed by atoms with Gasteiger partial charge in [-0.1, -0.05) is 48.5 Å². The molecule has 1 aromatic carbocycles. The normalized spacial score (nSPS) is 14.1. The van der Waals surface area contributed by atoms with Gasteiger partial charge in [0.1, 0.15) is 0 Å². The van der Waals surface area contributed by atoms with E-state index in [4.69, 9.17) is 29.6 Å². The first-order valence-corrected chi connectivity index (χ1v) is 6.51. The van der Waals surface area contributed by atoms with Crippen LogP contribution in [0.15, 0.2) is 18.2 Å². The van der Waals surface area contributed by atoms with E-state index in [1.165, 1.54) is 0 Å². The Morgan fingerprint density at radius 1 is 1.41 bits per heavy atom. The first kappa shape index (κ1) is 14.4. The quantitative estimate of drug-likeness (QED) is 0.779. The van der Waals surface area contributed by atoms with E-state index < -0.39 is 0 Å². The molecule has 1 N–H and O–H groups in total. The number of halogens is 2. The Morgan fingerprint density at radius 2 is 2.12 bits per heavy atom. The van der Waals surface area contributed by atoms with E-state index in [0.717, 1.165) is 18.4 Å². The van der Waals surface area contributed by atoms with E-state index in [-0.39, 0.29) is 12.1 Å². The molecule has 0 aromatic heterocycles. The molecule has 0 radical (unpaired) electrons. The molecule has 0 amide bonds. The van der Waals surface area contributed by atoms with Crippen LogP contribution >= 0.6 is 23.2 Å². The van der Waals surface area contributed by atoms with Gasteiger partial charge < -0.3 is 0 Å². The molecule has 0 saturated carbocycles. The fourth-order valence-electron chi connectivity index (χ4n) is 1.75. The maximum Gasteiger partial charge on any atom is 0.0691 e. The third kappa shape index (κ3) is 4.24. The largest absolute Gasteiger partial charge is 0.297 e. The van der Waals surface area contributed by atoms with Crippen molar-refractivity contribution in [1.29, 1.82) is 0 Å². The van der Waals surface area contributed by atoms with E-state index in [2.05, 4.69) is 25.1 Å².